The molecule has 3 nitrogen and oxygen atoms in total. The summed E-state index contributed by atoms with van der Waals surface area (Å²) in [7, 11) is 1.84. The Bertz CT molecular complexity index is 276. The van der Waals surface area contributed by atoms with Crippen molar-refractivity contribution in [1.82, 2.24) is 9.78 Å². The second-order valence-corrected chi connectivity index (χ2v) is 2.54. The summed E-state index contributed by atoms with van der Waals surface area (Å²) in [5.74, 6) is 0.163. The van der Waals surface area contributed by atoms with Gasteiger partial charge in [0.15, 0.2) is 5.78 Å². The molecule has 0 atom stereocenters. The third-order valence-electron chi connectivity index (χ3n) is 1.86. The van der Waals surface area contributed by atoms with Gasteiger partial charge in [0, 0.05) is 19.2 Å². The Morgan fingerprint density at radius 2 is 2.36 bits per heavy atom. The number of hydrogen-bond donors (Lipinski definition) is 0. The second kappa shape index (κ2) is 2.86. The Balaban J connectivity index is 3.04. The van der Waals surface area contributed by atoms with Gasteiger partial charge in [-0.2, -0.15) is 5.10 Å². The van der Waals surface area contributed by atoms with Crippen LogP contribution in [0.5, 0.6) is 0 Å². The molecule has 0 fully saturated rings. The summed E-state index contributed by atoms with van der Waals surface area (Å²) in [6.45, 7) is 3.75. The number of Topliss-reactive ketones (excluding diaryl/α,β-unsaturated/α-hetero) is 1. The van der Waals surface area contributed by atoms with Crippen molar-refractivity contribution in [3.63, 3.8) is 0 Å². The Kier molecular flexibility index (Phi) is 2.08. The van der Waals surface area contributed by atoms with Crippen LogP contribution in [0, 0.1) is 6.92 Å². The van der Waals surface area contributed by atoms with Crippen molar-refractivity contribution in [3.05, 3.63) is 17.5 Å². The third-order valence-corrected chi connectivity index (χ3v) is 1.86. The molecule has 0 saturated carbocycles. The fourth-order valence-corrected chi connectivity index (χ4v) is 0.963. The molecule has 1 aromatic heterocycles. The van der Waals surface area contributed by atoms with Crippen LogP contribution >= 0.6 is 0 Å². The van der Waals surface area contributed by atoms with Crippen LogP contribution in [0.15, 0.2) is 6.20 Å². The molecule has 1 heterocycles. The fourth-order valence-electron chi connectivity index (χ4n) is 0.963. The molecular formula is C8H12N2O. The van der Waals surface area contributed by atoms with Gasteiger partial charge in [-0.05, 0) is 6.92 Å². The predicted octanol–water partition coefficient (Wildman–Crippen LogP) is 1.32. The Hall–Kier alpha value is -1.12. The maximum Gasteiger partial charge on any atom is 0.166 e. The summed E-state index contributed by atoms with van der Waals surface area (Å²) in [5.41, 5.74) is 1.69. The highest BCUT2D eigenvalue weighted by Gasteiger charge is 2.09. The first-order valence-electron chi connectivity index (χ1n) is 3.68. The molecule has 0 aliphatic rings. The molecule has 0 radical (unpaired) electrons. The average Bonchev–Trinajstić information content (AvgIpc) is 2.32. The van der Waals surface area contributed by atoms with E-state index in [2.05, 4.69) is 5.10 Å². The van der Waals surface area contributed by atoms with Crippen molar-refractivity contribution in [2.45, 2.75) is 20.3 Å². The van der Waals surface area contributed by atoms with Crippen LogP contribution in [0.25, 0.3) is 0 Å². The van der Waals surface area contributed by atoms with Crippen molar-refractivity contribution >= 4 is 5.78 Å². The number of aromatic nitrogens is 2. The van der Waals surface area contributed by atoms with Crippen molar-refractivity contribution in [1.29, 1.82) is 0 Å². The van der Waals surface area contributed by atoms with Gasteiger partial charge in [0.25, 0.3) is 0 Å². The van der Waals surface area contributed by atoms with Crippen LogP contribution in [-0.2, 0) is 7.05 Å². The van der Waals surface area contributed by atoms with Gasteiger partial charge >= 0.3 is 0 Å². The van der Waals surface area contributed by atoms with Gasteiger partial charge in [0.1, 0.15) is 0 Å². The molecule has 0 amide bonds. The van der Waals surface area contributed by atoms with Crippen LogP contribution in [0.2, 0.25) is 0 Å². The zero-order chi connectivity index (χ0) is 8.43. The normalized spacial score (nSPS) is 10.1. The topological polar surface area (TPSA) is 34.9 Å². The van der Waals surface area contributed by atoms with Crippen molar-refractivity contribution in [3.8, 4) is 0 Å². The largest absolute Gasteiger partial charge is 0.294 e. The monoisotopic (exact) mass is 152 g/mol. The second-order valence-electron chi connectivity index (χ2n) is 2.54. The molecule has 1 rings (SSSR count). The lowest BCUT2D eigenvalue weighted by Gasteiger charge is -1.95. The molecule has 11 heavy (non-hydrogen) atoms. The number of carbonyl (C=O) groups excluding carboxylic acids is 1. The van der Waals surface area contributed by atoms with E-state index < -0.39 is 0 Å². The Labute approximate surface area is 66.0 Å². The highest BCUT2D eigenvalue weighted by molar-refractivity contribution is 5.96. The van der Waals surface area contributed by atoms with Gasteiger partial charge < -0.3 is 0 Å². The van der Waals surface area contributed by atoms with E-state index in [-0.39, 0.29) is 5.78 Å². The van der Waals surface area contributed by atoms with E-state index in [0.717, 1.165) is 11.3 Å². The standard InChI is InChI=1S/C8H12N2O/c1-4-8(11)7-5-9-10(3)6(7)2/h5H,4H2,1-3H3. The van der Waals surface area contributed by atoms with Crippen LogP contribution in [-0.4, -0.2) is 15.6 Å². The first-order valence-corrected chi connectivity index (χ1v) is 3.68. The molecule has 0 aliphatic heterocycles. The van der Waals surface area contributed by atoms with Crippen molar-refractivity contribution in [2.24, 2.45) is 7.05 Å². The number of hydrogen-bond acceptors (Lipinski definition) is 2. The van der Waals surface area contributed by atoms with Crippen molar-refractivity contribution < 1.29 is 4.79 Å². The van der Waals surface area contributed by atoms with E-state index in [1.54, 1.807) is 10.9 Å². The van der Waals surface area contributed by atoms with Crippen LogP contribution in [0.1, 0.15) is 29.4 Å². The lowest BCUT2D eigenvalue weighted by atomic mass is 10.1. The van der Waals surface area contributed by atoms with E-state index in [1.807, 2.05) is 20.9 Å². The molecule has 3 heteroatoms. The first-order chi connectivity index (χ1) is 5.16. The fraction of sp³-hybridized carbons (Fsp3) is 0.500. The molecule has 0 saturated heterocycles. The Morgan fingerprint density at radius 1 is 1.73 bits per heavy atom. The van der Waals surface area contributed by atoms with Crippen LogP contribution in [0.4, 0.5) is 0 Å². The summed E-state index contributed by atoms with van der Waals surface area (Å²) >= 11 is 0. The van der Waals surface area contributed by atoms with Gasteiger partial charge in [-0.15, -0.1) is 0 Å². The smallest absolute Gasteiger partial charge is 0.166 e. The minimum absolute atomic E-state index is 0.163. The van der Waals surface area contributed by atoms with Gasteiger partial charge in [-0.1, -0.05) is 6.92 Å². The molecule has 0 aliphatic carbocycles. The quantitative estimate of drug-likeness (QED) is 0.599. The molecule has 1 aromatic rings. The van der Waals surface area contributed by atoms with Gasteiger partial charge in [0.2, 0.25) is 0 Å². The molecule has 0 spiro atoms. The number of carbonyl (C=O) groups is 1. The number of aryl methyl sites for hydroxylation is 1. The zero-order valence-corrected chi connectivity index (χ0v) is 7.09. The van der Waals surface area contributed by atoms with E-state index >= 15 is 0 Å². The van der Waals surface area contributed by atoms with E-state index in [0.29, 0.717) is 6.42 Å². The van der Waals surface area contributed by atoms with Gasteiger partial charge in [-0.3, -0.25) is 9.48 Å². The highest BCUT2D eigenvalue weighted by atomic mass is 16.1. The lowest BCUT2D eigenvalue weighted by molar-refractivity contribution is 0.0987. The lowest BCUT2D eigenvalue weighted by Crippen LogP contribution is -1.99. The molecule has 0 N–H and O–H groups in total. The van der Waals surface area contributed by atoms with Gasteiger partial charge in [0.05, 0.1) is 11.8 Å². The summed E-state index contributed by atoms with van der Waals surface area (Å²) in [4.78, 5) is 11.2. The molecule has 0 bridgehead atoms. The number of nitrogens with zero attached hydrogens (tertiary/aromatic N) is 2. The average molecular weight is 152 g/mol. The first kappa shape index (κ1) is 7.98. The SMILES string of the molecule is CCC(=O)c1cnn(C)c1C. The highest BCUT2D eigenvalue weighted by Crippen LogP contribution is 2.07. The van der Waals surface area contributed by atoms with Crippen molar-refractivity contribution in [2.75, 3.05) is 0 Å². The summed E-state index contributed by atoms with van der Waals surface area (Å²) in [6.07, 6.45) is 2.17. The summed E-state index contributed by atoms with van der Waals surface area (Å²) < 4.78 is 1.71. The number of ketones is 1. The Morgan fingerprint density at radius 3 is 2.73 bits per heavy atom. The maximum absolute atomic E-state index is 11.2. The van der Waals surface area contributed by atoms with Gasteiger partial charge in [-0.25, -0.2) is 0 Å². The predicted molar refractivity (Wildman–Crippen MR) is 42.6 cm³/mol. The molecule has 0 aromatic carbocycles. The third kappa shape index (κ3) is 1.31. The van der Waals surface area contributed by atoms with Crippen LogP contribution in [0.3, 0.4) is 0 Å². The van der Waals surface area contributed by atoms with E-state index in [1.165, 1.54) is 0 Å². The molecular weight excluding hydrogens is 140 g/mol. The number of rotatable bonds is 2. The van der Waals surface area contributed by atoms with Crippen LogP contribution < -0.4 is 0 Å². The minimum Gasteiger partial charge on any atom is -0.294 e. The summed E-state index contributed by atoms with van der Waals surface area (Å²) in [6, 6.07) is 0. The maximum atomic E-state index is 11.2. The van der Waals surface area contributed by atoms with E-state index in [4.69, 9.17) is 0 Å². The molecule has 0 unspecified atom stereocenters. The summed E-state index contributed by atoms with van der Waals surface area (Å²) in [5, 5.41) is 3.98. The minimum atomic E-state index is 0.163. The zero-order valence-electron chi connectivity index (χ0n) is 7.09. The molecule has 60 valence electrons. The van der Waals surface area contributed by atoms with E-state index in [9.17, 15) is 4.79 Å².